The van der Waals surface area contributed by atoms with E-state index >= 15 is 0 Å². The van der Waals surface area contributed by atoms with Crippen molar-refractivity contribution < 1.29 is 13.2 Å². The zero-order valence-corrected chi connectivity index (χ0v) is 13.7. The highest BCUT2D eigenvalue weighted by molar-refractivity contribution is 5.81. The SMILES string of the molecule is FC(F)(F)c1cccc(-c2ccc(-c3ccc4ccccc4n3)cc2)c1. The molecule has 0 aliphatic rings. The number of fused-ring (bicyclic) bond motifs is 1. The molecule has 0 fully saturated rings. The van der Waals surface area contributed by atoms with Crippen LogP contribution in [-0.4, -0.2) is 4.98 Å². The van der Waals surface area contributed by atoms with E-state index in [1.54, 1.807) is 6.07 Å². The summed E-state index contributed by atoms with van der Waals surface area (Å²) in [4.78, 5) is 4.65. The maximum Gasteiger partial charge on any atom is 0.416 e. The first-order valence-corrected chi connectivity index (χ1v) is 8.14. The van der Waals surface area contributed by atoms with Gasteiger partial charge in [0.1, 0.15) is 0 Å². The molecule has 0 saturated carbocycles. The van der Waals surface area contributed by atoms with Crippen LogP contribution in [0.15, 0.2) is 84.9 Å². The summed E-state index contributed by atoms with van der Waals surface area (Å²) < 4.78 is 38.7. The van der Waals surface area contributed by atoms with Gasteiger partial charge in [0.05, 0.1) is 16.8 Å². The molecule has 1 heterocycles. The molecule has 128 valence electrons. The van der Waals surface area contributed by atoms with Crippen molar-refractivity contribution in [2.24, 2.45) is 0 Å². The Morgan fingerprint density at radius 1 is 0.615 bits per heavy atom. The van der Waals surface area contributed by atoms with Crippen LogP contribution in [-0.2, 0) is 6.18 Å². The summed E-state index contributed by atoms with van der Waals surface area (Å²) in [5, 5.41) is 1.07. The summed E-state index contributed by atoms with van der Waals surface area (Å²) in [7, 11) is 0. The standard InChI is InChI=1S/C22H14F3N/c23-22(24,25)19-6-3-5-18(14-19)15-8-10-17(11-9-15)21-13-12-16-4-1-2-7-20(16)26-21/h1-14H. The number of rotatable bonds is 2. The lowest BCUT2D eigenvalue weighted by Gasteiger charge is -2.09. The van der Waals surface area contributed by atoms with Gasteiger partial charge in [-0.15, -0.1) is 0 Å². The van der Waals surface area contributed by atoms with Crippen LogP contribution in [0.25, 0.3) is 33.3 Å². The third-order valence-corrected chi connectivity index (χ3v) is 4.30. The molecule has 26 heavy (non-hydrogen) atoms. The van der Waals surface area contributed by atoms with E-state index in [-0.39, 0.29) is 0 Å². The monoisotopic (exact) mass is 349 g/mol. The van der Waals surface area contributed by atoms with Gasteiger partial charge in [0, 0.05) is 10.9 Å². The minimum atomic E-state index is -4.34. The van der Waals surface area contributed by atoms with Gasteiger partial charge in [-0.05, 0) is 35.4 Å². The second kappa shape index (κ2) is 6.30. The fourth-order valence-electron chi connectivity index (χ4n) is 2.94. The average molecular weight is 349 g/mol. The molecule has 0 unspecified atom stereocenters. The fourth-order valence-corrected chi connectivity index (χ4v) is 2.94. The Morgan fingerprint density at radius 3 is 2.12 bits per heavy atom. The molecule has 0 amide bonds. The van der Waals surface area contributed by atoms with E-state index in [2.05, 4.69) is 4.98 Å². The Morgan fingerprint density at radius 2 is 1.35 bits per heavy atom. The molecule has 1 aromatic heterocycles. The molecule has 4 rings (SSSR count). The normalized spacial score (nSPS) is 11.7. The van der Waals surface area contributed by atoms with Crippen molar-refractivity contribution in [2.45, 2.75) is 6.18 Å². The number of hydrogen-bond acceptors (Lipinski definition) is 1. The van der Waals surface area contributed by atoms with Crippen molar-refractivity contribution in [1.82, 2.24) is 4.98 Å². The van der Waals surface area contributed by atoms with Crippen molar-refractivity contribution in [1.29, 1.82) is 0 Å². The largest absolute Gasteiger partial charge is 0.416 e. The zero-order valence-electron chi connectivity index (χ0n) is 13.7. The van der Waals surface area contributed by atoms with E-state index in [0.29, 0.717) is 5.56 Å². The van der Waals surface area contributed by atoms with E-state index in [9.17, 15) is 13.2 Å². The summed E-state index contributed by atoms with van der Waals surface area (Å²) in [6, 6.07) is 24.6. The van der Waals surface area contributed by atoms with Crippen molar-refractivity contribution >= 4 is 10.9 Å². The van der Waals surface area contributed by atoms with Crippen LogP contribution in [0, 0.1) is 0 Å². The van der Waals surface area contributed by atoms with Gasteiger partial charge in [-0.1, -0.05) is 60.7 Å². The lowest BCUT2D eigenvalue weighted by Crippen LogP contribution is -2.04. The van der Waals surface area contributed by atoms with Crippen LogP contribution >= 0.6 is 0 Å². The lowest BCUT2D eigenvalue weighted by atomic mass is 10.0. The van der Waals surface area contributed by atoms with Crippen LogP contribution in [0.1, 0.15) is 5.56 Å². The van der Waals surface area contributed by atoms with Gasteiger partial charge < -0.3 is 0 Å². The first-order valence-electron chi connectivity index (χ1n) is 8.14. The van der Waals surface area contributed by atoms with Gasteiger partial charge in [-0.2, -0.15) is 13.2 Å². The Kier molecular flexibility index (Phi) is 3.96. The van der Waals surface area contributed by atoms with Gasteiger partial charge in [0.15, 0.2) is 0 Å². The Balaban J connectivity index is 1.68. The van der Waals surface area contributed by atoms with E-state index in [1.807, 2.05) is 60.7 Å². The average Bonchev–Trinajstić information content (AvgIpc) is 2.67. The van der Waals surface area contributed by atoms with Crippen LogP contribution in [0.2, 0.25) is 0 Å². The third-order valence-electron chi connectivity index (χ3n) is 4.30. The quantitative estimate of drug-likeness (QED) is 0.398. The summed E-state index contributed by atoms with van der Waals surface area (Å²) >= 11 is 0. The minimum absolute atomic E-state index is 0.540. The molecule has 4 heteroatoms. The second-order valence-corrected chi connectivity index (χ2v) is 6.05. The van der Waals surface area contributed by atoms with Crippen molar-refractivity contribution in [3.05, 3.63) is 90.5 Å². The molecule has 0 N–H and O–H groups in total. The Bertz CT molecular complexity index is 1070. The third kappa shape index (κ3) is 3.18. The predicted octanol–water partition coefficient (Wildman–Crippen LogP) is 6.59. The number of halogens is 3. The topological polar surface area (TPSA) is 12.9 Å². The maximum absolute atomic E-state index is 12.9. The number of alkyl halides is 3. The lowest BCUT2D eigenvalue weighted by molar-refractivity contribution is -0.137. The summed E-state index contributed by atoms with van der Waals surface area (Å²) in [5.41, 5.74) is 3.30. The van der Waals surface area contributed by atoms with Crippen molar-refractivity contribution in [2.75, 3.05) is 0 Å². The van der Waals surface area contributed by atoms with Crippen molar-refractivity contribution in [3.63, 3.8) is 0 Å². The summed E-state index contributed by atoms with van der Waals surface area (Å²) in [5.74, 6) is 0. The molecule has 0 bridgehead atoms. The summed E-state index contributed by atoms with van der Waals surface area (Å²) in [6.45, 7) is 0. The number of benzene rings is 3. The van der Waals surface area contributed by atoms with E-state index in [4.69, 9.17) is 0 Å². The van der Waals surface area contributed by atoms with Gasteiger partial charge >= 0.3 is 6.18 Å². The number of aromatic nitrogens is 1. The first-order chi connectivity index (χ1) is 12.5. The van der Waals surface area contributed by atoms with Crippen LogP contribution in [0.4, 0.5) is 13.2 Å². The van der Waals surface area contributed by atoms with Gasteiger partial charge in [-0.3, -0.25) is 0 Å². The second-order valence-electron chi connectivity index (χ2n) is 6.05. The molecule has 4 aromatic rings. The van der Waals surface area contributed by atoms with Gasteiger partial charge in [0.2, 0.25) is 0 Å². The van der Waals surface area contributed by atoms with E-state index in [1.165, 1.54) is 12.1 Å². The highest BCUT2D eigenvalue weighted by Crippen LogP contribution is 2.32. The highest BCUT2D eigenvalue weighted by atomic mass is 19.4. The van der Waals surface area contributed by atoms with Crippen LogP contribution in [0.5, 0.6) is 0 Å². The molecule has 0 aliphatic heterocycles. The van der Waals surface area contributed by atoms with E-state index < -0.39 is 11.7 Å². The minimum Gasteiger partial charge on any atom is -0.248 e. The van der Waals surface area contributed by atoms with E-state index in [0.717, 1.165) is 33.8 Å². The molecule has 1 nitrogen and oxygen atoms in total. The fraction of sp³-hybridized carbons (Fsp3) is 0.0455. The molecule has 0 saturated heterocycles. The van der Waals surface area contributed by atoms with Gasteiger partial charge in [-0.25, -0.2) is 4.98 Å². The molecular weight excluding hydrogens is 335 g/mol. The zero-order chi connectivity index (χ0) is 18.1. The van der Waals surface area contributed by atoms with Gasteiger partial charge in [0.25, 0.3) is 0 Å². The molecule has 0 aliphatic carbocycles. The number of para-hydroxylation sites is 1. The Hall–Kier alpha value is -3.14. The van der Waals surface area contributed by atoms with Crippen LogP contribution < -0.4 is 0 Å². The molecule has 0 spiro atoms. The highest BCUT2D eigenvalue weighted by Gasteiger charge is 2.30. The summed E-state index contributed by atoms with van der Waals surface area (Å²) in [6.07, 6.45) is -4.34. The maximum atomic E-state index is 12.9. The molecule has 0 atom stereocenters. The van der Waals surface area contributed by atoms with Crippen LogP contribution in [0.3, 0.4) is 0 Å². The van der Waals surface area contributed by atoms with Crippen molar-refractivity contribution in [3.8, 4) is 22.4 Å². The molecular formula is C22H14F3N. The smallest absolute Gasteiger partial charge is 0.248 e. The molecule has 0 radical (unpaired) electrons. The Labute approximate surface area is 148 Å². The number of nitrogens with zero attached hydrogens (tertiary/aromatic N) is 1. The number of pyridine rings is 1. The molecule has 3 aromatic carbocycles. The first kappa shape index (κ1) is 16.3. The number of hydrogen-bond donors (Lipinski definition) is 0. The predicted molar refractivity (Wildman–Crippen MR) is 97.6 cm³/mol.